The second kappa shape index (κ2) is 7.66. The van der Waals surface area contributed by atoms with Gasteiger partial charge in [-0.2, -0.15) is 0 Å². The molecule has 9 heteroatoms. The molecular formula is C18H19ClN6OS. The summed E-state index contributed by atoms with van der Waals surface area (Å²) in [6.45, 7) is 4.98. The molecule has 3 heterocycles. The van der Waals surface area contributed by atoms with Gasteiger partial charge in [0.1, 0.15) is 0 Å². The zero-order chi connectivity index (χ0) is 18.8. The van der Waals surface area contributed by atoms with Gasteiger partial charge in [-0.3, -0.25) is 4.79 Å². The van der Waals surface area contributed by atoms with Crippen molar-refractivity contribution in [1.29, 1.82) is 0 Å². The van der Waals surface area contributed by atoms with Crippen molar-refractivity contribution in [3.05, 3.63) is 52.3 Å². The van der Waals surface area contributed by atoms with Crippen LogP contribution in [0.4, 0.5) is 5.13 Å². The van der Waals surface area contributed by atoms with Gasteiger partial charge in [-0.25, -0.2) is 9.67 Å². The molecular weight excluding hydrogens is 384 g/mol. The maximum Gasteiger partial charge on any atom is 0.276 e. The predicted molar refractivity (Wildman–Crippen MR) is 106 cm³/mol. The Morgan fingerprint density at radius 3 is 2.81 bits per heavy atom. The fourth-order valence-electron chi connectivity index (χ4n) is 3.08. The number of para-hydroxylation sites is 1. The third-order valence-corrected chi connectivity index (χ3v) is 5.81. The second-order valence-corrected chi connectivity index (χ2v) is 7.65. The van der Waals surface area contributed by atoms with Gasteiger partial charge in [0.25, 0.3) is 5.91 Å². The lowest BCUT2D eigenvalue weighted by Crippen LogP contribution is -2.35. The molecule has 4 rings (SSSR count). The minimum Gasteiger partial charge on any atom is -0.346 e. The molecule has 0 aliphatic carbocycles. The van der Waals surface area contributed by atoms with Crippen LogP contribution in [0.5, 0.6) is 0 Å². The van der Waals surface area contributed by atoms with Gasteiger partial charge in [0, 0.05) is 31.6 Å². The molecule has 0 saturated carbocycles. The molecule has 0 bridgehead atoms. The van der Waals surface area contributed by atoms with E-state index in [1.807, 2.05) is 30.0 Å². The second-order valence-electron chi connectivity index (χ2n) is 6.40. The third-order valence-electron chi connectivity index (χ3n) is 4.47. The Kier molecular flexibility index (Phi) is 5.09. The van der Waals surface area contributed by atoms with Crippen LogP contribution in [0.25, 0.3) is 5.69 Å². The van der Waals surface area contributed by atoms with Gasteiger partial charge in [0.15, 0.2) is 10.8 Å². The molecule has 27 heavy (non-hydrogen) atoms. The van der Waals surface area contributed by atoms with Crippen molar-refractivity contribution in [3.8, 4) is 5.69 Å². The average Bonchev–Trinajstić information content (AvgIpc) is 3.25. The molecule has 0 unspecified atom stereocenters. The molecule has 0 radical (unpaired) electrons. The molecule has 1 fully saturated rings. The molecule has 1 aromatic carbocycles. The van der Waals surface area contributed by atoms with Crippen LogP contribution in [0.15, 0.2) is 35.8 Å². The SMILES string of the molecule is Cc1csc(N2CCCN(C(=O)c3cn(-c4ccccc4Cl)nn3)CC2)n1. The molecule has 0 N–H and O–H groups in total. The summed E-state index contributed by atoms with van der Waals surface area (Å²) in [4.78, 5) is 21.5. The first-order valence-corrected chi connectivity index (χ1v) is 10.0. The first-order chi connectivity index (χ1) is 13.1. The fourth-order valence-corrected chi connectivity index (χ4v) is 4.16. The summed E-state index contributed by atoms with van der Waals surface area (Å²) < 4.78 is 1.54. The molecule has 0 spiro atoms. The number of rotatable bonds is 3. The van der Waals surface area contributed by atoms with Crippen LogP contribution in [0.2, 0.25) is 5.02 Å². The van der Waals surface area contributed by atoms with Crippen molar-refractivity contribution >= 4 is 34.0 Å². The van der Waals surface area contributed by atoms with Crippen molar-refractivity contribution < 1.29 is 4.79 Å². The van der Waals surface area contributed by atoms with E-state index in [9.17, 15) is 4.79 Å². The highest BCUT2D eigenvalue weighted by Crippen LogP contribution is 2.22. The summed E-state index contributed by atoms with van der Waals surface area (Å²) in [6.07, 6.45) is 2.53. The standard InChI is InChI=1S/C18H19ClN6OS/c1-13-12-27-18(20-13)24-8-4-7-23(9-10-24)17(26)15-11-25(22-21-15)16-6-3-2-5-14(16)19/h2-3,5-6,11-12H,4,7-10H2,1H3. The van der Waals surface area contributed by atoms with Gasteiger partial charge >= 0.3 is 0 Å². The first kappa shape index (κ1) is 17.9. The summed E-state index contributed by atoms with van der Waals surface area (Å²) in [6, 6.07) is 7.34. The number of nitrogens with zero attached hydrogens (tertiary/aromatic N) is 6. The van der Waals surface area contributed by atoms with Gasteiger partial charge in [-0.15, -0.1) is 16.4 Å². The smallest absolute Gasteiger partial charge is 0.276 e. The van der Waals surface area contributed by atoms with Crippen molar-refractivity contribution in [2.24, 2.45) is 0 Å². The highest BCUT2D eigenvalue weighted by Gasteiger charge is 2.24. The number of hydrogen-bond donors (Lipinski definition) is 0. The van der Waals surface area contributed by atoms with Crippen LogP contribution in [-0.2, 0) is 0 Å². The number of halogens is 1. The monoisotopic (exact) mass is 402 g/mol. The zero-order valence-electron chi connectivity index (χ0n) is 14.9. The van der Waals surface area contributed by atoms with E-state index in [-0.39, 0.29) is 5.91 Å². The molecule has 1 amide bonds. The lowest BCUT2D eigenvalue weighted by Gasteiger charge is -2.20. The average molecular weight is 403 g/mol. The van der Waals surface area contributed by atoms with E-state index in [4.69, 9.17) is 11.6 Å². The lowest BCUT2D eigenvalue weighted by molar-refractivity contribution is 0.0761. The van der Waals surface area contributed by atoms with Crippen LogP contribution < -0.4 is 4.90 Å². The quantitative estimate of drug-likeness (QED) is 0.673. The van der Waals surface area contributed by atoms with E-state index < -0.39 is 0 Å². The molecule has 1 aliphatic heterocycles. The van der Waals surface area contributed by atoms with Gasteiger partial charge < -0.3 is 9.80 Å². The number of benzene rings is 1. The summed E-state index contributed by atoms with van der Waals surface area (Å²) in [7, 11) is 0. The number of aromatic nitrogens is 4. The number of thiazole rings is 1. The Morgan fingerprint density at radius 2 is 2.04 bits per heavy atom. The Labute approximate surface area is 166 Å². The van der Waals surface area contributed by atoms with Gasteiger partial charge in [0.2, 0.25) is 0 Å². The summed E-state index contributed by atoms with van der Waals surface area (Å²) in [5.74, 6) is -0.106. The van der Waals surface area contributed by atoms with E-state index >= 15 is 0 Å². The fraction of sp³-hybridized carbons (Fsp3) is 0.333. The summed E-state index contributed by atoms with van der Waals surface area (Å²) in [5.41, 5.74) is 2.06. The molecule has 3 aromatic rings. The van der Waals surface area contributed by atoms with Crippen LogP contribution in [0.1, 0.15) is 22.6 Å². The van der Waals surface area contributed by atoms with E-state index in [2.05, 4.69) is 25.6 Å². The number of hydrogen-bond acceptors (Lipinski definition) is 6. The topological polar surface area (TPSA) is 67.2 Å². The number of carbonyl (C=O) groups is 1. The molecule has 1 aliphatic rings. The number of carbonyl (C=O) groups excluding carboxylic acids is 1. The van der Waals surface area contributed by atoms with Gasteiger partial charge in [-0.1, -0.05) is 28.9 Å². The van der Waals surface area contributed by atoms with Crippen LogP contribution in [-0.4, -0.2) is 57.0 Å². The van der Waals surface area contributed by atoms with E-state index in [1.54, 1.807) is 23.6 Å². The van der Waals surface area contributed by atoms with Crippen molar-refractivity contribution in [2.45, 2.75) is 13.3 Å². The largest absolute Gasteiger partial charge is 0.346 e. The number of anilines is 1. The molecule has 7 nitrogen and oxygen atoms in total. The maximum atomic E-state index is 12.9. The number of amides is 1. The van der Waals surface area contributed by atoms with Crippen LogP contribution in [0, 0.1) is 6.92 Å². The first-order valence-electron chi connectivity index (χ1n) is 8.75. The molecule has 0 atom stereocenters. The van der Waals surface area contributed by atoms with Crippen LogP contribution in [0.3, 0.4) is 0 Å². The minimum absolute atomic E-state index is 0.106. The van der Waals surface area contributed by atoms with Gasteiger partial charge in [0.05, 0.1) is 22.6 Å². The van der Waals surface area contributed by atoms with Crippen molar-refractivity contribution in [1.82, 2.24) is 24.9 Å². The highest BCUT2D eigenvalue weighted by molar-refractivity contribution is 7.13. The highest BCUT2D eigenvalue weighted by atomic mass is 35.5. The summed E-state index contributed by atoms with van der Waals surface area (Å²) in [5, 5.41) is 11.8. The van der Waals surface area contributed by atoms with Crippen molar-refractivity contribution in [2.75, 3.05) is 31.1 Å². The molecule has 1 saturated heterocycles. The summed E-state index contributed by atoms with van der Waals surface area (Å²) >= 11 is 7.85. The molecule has 2 aromatic heterocycles. The zero-order valence-corrected chi connectivity index (χ0v) is 16.4. The van der Waals surface area contributed by atoms with Gasteiger partial charge in [-0.05, 0) is 25.5 Å². The van der Waals surface area contributed by atoms with Crippen molar-refractivity contribution in [3.63, 3.8) is 0 Å². The van der Waals surface area contributed by atoms with E-state index in [1.165, 1.54) is 4.68 Å². The predicted octanol–water partition coefficient (Wildman–Crippen LogP) is 3.04. The third kappa shape index (κ3) is 3.81. The number of aryl methyl sites for hydroxylation is 1. The van der Waals surface area contributed by atoms with E-state index in [0.717, 1.165) is 30.3 Å². The molecule has 140 valence electrons. The van der Waals surface area contributed by atoms with Crippen LogP contribution >= 0.6 is 22.9 Å². The Bertz CT molecular complexity index is 955. The maximum absolute atomic E-state index is 12.9. The Morgan fingerprint density at radius 1 is 1.19 bits per heavy atom. The Balaban J connectivity index is 1.46. The lowest BCUT2D eigenvalue weighted by atomic mass is 10.3. The normalized spacial score (nSPS) is 15.0. The van der Waals surface area contributed by atoms with E-state index in [0.29, 0.717) is 29.5 Å². The minimum atomic E-state index is -0.106. The Hall–Kier alpha value is -2.45.